The zero-order valence-corrected chi connectivity index (χ0v) is 12.6. The number of H-pyrrole nitrogens is 1. The van der Waals surface area contributed by atoms with E-state index in [4.69, 9.17) is 5.73 Å². The molecule has 1 amide bonds. The number of tetrazole rings is 1. The summed E-state index contributed by atoms with van der Waals surface area (Å²) >= 11 is 0. The van der Waals surface area contributed by atoms with Crippen molar-refractivity contribution in [1.29, 1.82) is 0 Å². The highest BCUT2D eigenvalue weighted by molar-refractivity contribution is 5.85. The van der Waals surface area contributed by atoms with Crippen molar-refractivity contribution in [3.63, 3.8) is 0 Å². The number of rotatable bonds is 6. The van der Waals surface area contributed by atoms with Crippen LogP contribution in [0.15, 0.2) is 24.3 Å². The normalized spacial score (nSPS) is 11.5. The Hall–Kier alpha value is -1.99. The summed E-state index contributed by atoms with van der Waals surface area (Å²) in [7, 11) is 0. The minimum atomic E-state index is 0. The van der Waals surface area contributed by atoms with Crippen molar-refractivity contribution in [3.8, 4) is 11.4 Å². The van der Waals surface area contributed by atoms with Gasteiger partial charge in [-0.15, -0.1) is 22.6 Å². The molecule has 2 rings (SSSR count). The minimum Gasteiger partial charge on any atom is -0.352 e. The summed E-state index contributed by atoms with van der Waals surface area (Å²) in [5, 5.41) is 16.6. The Morgan fingerprint density at radius 2 is 2.10 bits per heavy atom. The van der Waals surface area contributed by atoms with Gasteiger partial charge in [0.05, 0.1) is 0 Å². The van der Waals surface area contributed by atoms with Gasteiger partial charge < -0.3 is 11.1 Å². The molecule has 4 N–H and O–H groups in total. The van der Waals surface area contributed by atoms with Gasteiger partial charge in [0.2, 0.25) is 11.7 Å². The van der Waals surface area contributed by atoms with Crippen LogP contribution < -0.4 is 11.1 Å². The average molecular weight is 311 g/mol. The summed E-state index contributed by atoms with van der Waals surface area (Å²) in [5.41, 5.74) is 7.51. The molecule has 7 nitrogen and oxygen atoms in total. The van der Waals surface area contributed by atoms with E-state index in [1.165, 1.54) is 0 Å². The van der Waals surface area contributed by atoms with E-state index in [0.29, 0.717) is 25.2 Å². The van der Waals surface area contributed by atoms with Crippen LogP contribution in [0.2, 0.25) is 0 Å². The van der Waals surface area contributed by atoms with Crippen LogP contribution in [0.25, 0.3) is 11.4 Å². The van der Waals surface area contributed by atoms with Crippen LogP contribution in [0.4, 0.5) is 0 Å². The van der Waals surface area contributed by atoms with Crippen molar-refractivity contribution in [2.75, 3.05) is 0 Å². The Bertz CT molecular complexity index is 540. The molecular formula is C13H19ClN6O. The van der Waals surface area contributed by atoms with Gasteiger partial charge in [-0.1, -0.05) is 24.3 Å². The molecule has 0 saturated heterocycles. The van der Waals surface area contributed by atoms with Gasteiger partial charge in [-0.2, -0.15) is 5.21 Å². The number of nitrogens with zero attached hydrogens (tertiary/aromatic N) is 3. The van der Waals surface area contributed by atoms with Crippen molar-refractivity contribution in [3.05, 3.63) is 29.8 Å². The Kier molecular flexibility index (Phi) is 6.77. The molecule has 0 bridgehead atoms. The van der Waals surface area contributed by atoms with E-state index in [2.05, 4.69) is 25.9 Å². The second-order valence-corrected chi connectivity index (χ2v) is 4.73. The van der Waals surface area contributed by atoms with Crippen molar-refractivity contribution in [2.45, 2.75) is 32.4 Å². The highest BCUT2D eigenvalue weighted by Gasteiger charge is 2.05. The lowest BCUT2D eigenvalue weighted by Gasteiger charge is -2.07. The fourth-order valence-electron chi connectivity index (χ4n) is 1.70. The van der Waals surface area contributed by atoms with E-state index in [0.717, 1.165) is 11.1 Å². The van der Waals surface area contributed by atoms with E-state index < -0.39 is 0 Å². The fraction of sp³-hybridized carbons (Fsp3) is 0.385. The minimum absolute atomic E-state index is 0. The van der Waals surface area contributed by atoms with Gasteiger partial charge in [0.15, 0.2) is 0 Å². The molecule has 1 atom stereocenters. The maximum atomic E-state index is 11.6. The molecule has 0 radical (unpaired) electrons. The third-order valence-corrected chi connectivity index (χ3v) is 2.87. The number of halogens is 1. The highest BCUT2D eigenvalue weighted by atomic mass is 35.5. The first-order valence-corrected chi connectivity index (χ1v) is 6.50. The number of amides is 1. The second kappa shape index (κ2) is 8.33. The first kappa shape index (κ1) is 17.1. The van der Waals surface area contributed by atoms with Crippen molar-refractivity contribution < 1.29 is 4.79 Å². The maximum absolute atomic E-state index is 11.6. The summed E-state index contributed by atoms with van der Waals surface area (Å²) < 4.78 is 0. The number of aromatic nitrogens is 4. The number of hydrogen-bond donors (Lipinski definition) is 3. The van der Waals surface area contributed by atoms with E-state index >= 15 is 0 Å². The van der Waals surface area contributed by atoms with E-state index in [-0.39, 0.29) is 24.4 Å². The fourth-order valence-corrected chi connectivity index (χ4v) is 1.70. The quantitative estimate of drug-likeness (QED) is 0.738. The lowest BCUT2D eigenvalue weighted by molar-refractivity contribution is -0.121. The number of carbonyl (C=O) groups excluding carboxylic acids is 1. The summed E-state index contributed by atoms with van der Waals surface area (Å²) in [6.07, 6.45) is 1.15. The maximum Gasteiger partial charge on any atom is 0.220 e. The van der Waals surface area contributed by atoms with Crippen LogP contribution in [0.1, 0.15) is 25.3 Å². The number of aromatic amines is 1. The highest BCUT2D eigenvalue weighted by Crippen LogP contribution is 2.13. The molecule has 1 heterocycles. The Morgan fingerprint density at radius 1 is 1.38 bits per heavy atom. The van der Waals surface area contributed by atoms with E-state index in [1.807, 2.05) is 31.2 Å². The molecule has 8 heteroatoms. The second-order valence-electron chi connectivity index (χ2n) is 4.73. The topological polar surface area (TPSA) is 110 Å². The molecule has 0 saturated carbocycles. The SMILES string of the molecule is CC(N)CCC(=O)NCc1ccc(-c2nn[nH]n2)cc1.Cl. The van der Waals surface area contributed by atoms with Crippen LogP contribution in [0.3, 0.4) is 0 Å². The summed E-state index contributed by atoms with van der Waals surface area (Å²) in [5.74, 6) is 0.571. The van der Waals surface area contributed by atoms with Gasteiger partial charge in [0, 0.05) is 24.6 Å². The molecule has 0 aliphatic rings. The number of hydrogen-bond acceptors (Lipinski definition) is 5. The monoisotopic (exact) mass is 310 g/mol. The molecule has 0 fully saturated rings. The van der Waals surface area contributed by atoms with Gasteiger partial charge in [-0.25, -0.2) is 0 Å². The number of nitrogens with one attached hydrogen (secondary N) is 2. The number of carbonyl (C=O) groups is 1. The Morgan fingerprint density at radius 3 is 2.67 bits per heavy atom. The molecule has 2 aromatic rings. The Balaban J connectivity index is 0.00000220. The predicted octanol–water partition coefficient (Wildman–Crippen LogP) is 1.03. The van der Waals surface area contributed by atoms with Crippen LogP contribution >= 0.6 is 12.4 Å². The molecule has 0 aliphatic carbocycles. The van der Waals surface area contributed by atoms with Gasteiger partial charge in [-0.05, 0) is 24.1 Å². The number of benzene rings is 1. The molecule has 114 valence electrons. The summed E-state index contributed by atoms with van der Waals surface area (Å²) in [6, 6.07) is 7.70. The van der Waals surface area contributed by atoms with E-state index in [9.17, 15) is 4.79 Å². The van der Waals surface area contributed by atoms with Gasteiger partial charge >= 0.3 is 0 Å². The number of nitrogens with two attached hydrogens (primary N) is 1. The van der Waals surface area contributed by atoms with Crippen molar-refractivity contribution >= 4 is 18.3 Å². The van der Waals surface area contributed by atoms with Crippen LogP contribution in [-0.2, 0) is 11.3 Å². The largest absolute Gasteiger partial charge is 0.352 e. The smallest absolute Gasteiger partial charge is 0.220 e. The first-order valence-electron chi connectivity index (χ1n) is 6.50. The van der Waals surface area contributed by atoms with Crippen LogP contribution in [0, 0.1) is 0 Å². The molecule has 1 aromatic carbocycles. The van der Waals surface area contributed by atoms with Crippen LogP contribution in [0.5, 0.6) is 0 Å². The molecule has 1 unspecified atom stereocenters. The summed E-state index contributed by atoms with van der Waals surface area (Å²) in [6.45, 7) is 2.40. The molecule has 0 aliphatic heterocycles. The lowest BCUT2D eigenvalue weighted by atomic mass is 10.1. The zero-order chi connectivity index (χ0) is 14.4. The van der Waals surface area contributed by atoms with E-state index in [1.54, 1.807) is 0 Å². The molecule has 1 aromatic heterocycles. The summed E-state index contributed by atoms with van der Waals surface area (Å²) in [4.78, 5) is 11.6. The third kappa shape index (κ3) is 5.49. The van der Waals surface area contributed by atoms with Crippen molar-refractivity contribution in [1.82, 2.24) is 25.9 Å². The molecular weight excluding hydrogens is 292 g/mol. The molecule has 0 spiro atoms. The van der Waals surface area contributed by atoms with Crippen LogP contribution in [-0.4, -0.2) is 32.6 Å². The first-order chi connectivity index (χ1) is 9.65. The third-order valence-electron chi connectivity index (χ3n) is 2.87. The van der Waals surface area contributed by atoms with Gasteiger partial charge in [0.25, 0.3) is 0 Å². The Labute approximate surface area is 129 Å². The van der Waals surface area contributed by atoms with Crippen molar-refractivity contribution in [2.24, 2.45) is 5.73 Å². The average Bonchev–Trinajstić information content (AvgIpc) is 2.97. The predicted molar refractivity (Wildman–Crippen MR) is 81.6 cm³/mol. The van der Waals surface area contributed by atoms with Gasteiger partial charge in [0.1, 0.15) is 0 Å². The standard InChI is InChI=1S/C13H18N6O.ClH/c1-9(14)2-7-12(20)15-8-10-3-5-11(6-4-10)13-16-18-19-17-13;/h3-6,9H,2,7-8,14H2,1H3,(H,15,20)(H,16,17,18,19);1H. The zero-order valence-electron chi connectivity index (χ0n) is 11.7. The van der Waals surface area contributed by atoms with Gasteiger partial charge in [-0.3, -0.25) is 4.79 Å². The lowest BCUT2D eigenvalue weighted by Crippen LogP contribution is -2.25. The molecule has 21 heavy (non-hydrogen) atoms.